The smallest absolute Gasteiger partial charge is 0.306 e. The van der Waals surface area contributed by atoms with E-state index in [0.717, 1.165) is 63.7 Å². The van der Waals surface area contributed by atoms with Gasteiger partial charge >= 0.3 is 17.9 Å². The molecule has 0 radical (unpaired) electrons. The van der Waals surface area contributed by atoms with Crippen molar-refractivity contribution in [1.29, 1.82) is 0 Å². The number of carbonyl (C=O) groups is 3. The minimum Gasteiger partial charge on any atom is -0.462 e. The normalized spacial score (nSPS) is 12.0. The third-order valence-corrected chi connectivity index (χ3v) is 14.0. The van der Waals surface area contributed by atoms with Gasteiger partial charge in [0.25, 0.3) is 0 Å². The Morgan fingerprint density at radius 3 is 0.731 bits per heavy atom. The highest BCUT2D eigenvalue weighted by molar-refractivity contribution is 5.71. The zero-order chi connectivity index (χ0) is 48.8. The van der Waals surface area contributed by atoms with Crippen molar-refractivity contribution in [2.45, 2.75) is 355 Å². The molecular formula is C61H118O6. The summed E-state index contributed by atoms with van der Waals surface area (Å²) in [4.78, 5) is 38.2. The van der Waals surface area contributed by atoms with E-state index in [1.165, 1.54) is 244 Å². The van der Waals surface area contributed by atoms with Gasteiger partial charge in [-0.05, 0) is 25.2 Å². The predicted octanol–water partition coefficient (Wildman–Crippen LogP) is 20.2. The zero-order valence-corrected chi connectivity index (χ0v) is 45.9. The van der Waals surface area contributed by atoms with Crippen LogP contribution in [0.3, 0.4) is 0 Å². The van der Waals surface area contributed by atoms with Crippen molar-refractivity contribution in [1.82, 2.24) is 0 Å². The molecule has 0 rings (SSSR count). The summed E-state index contributed by atoms with van der Waals surface area (Å²) in [5, 5.41) is 0. The zero-order valence-electron chi connectivity index (χ0n) is 45.9. The molecule has 0 saturated carbocycles. The van der Waals surface area contributed by atoms with E-state index in [0.29, 0.717) is 19.3 Å². The topological polar surface area (TPSA) is 78.9 Å². The van der Waals surface area contributed by atoms with Crippen LogP contribution in [-0.2, 0) is 28.6 Å². The lowest BCUT2D eigenvalue weighted by Crippen LogP contribution is -2.30. The summed E-state index contributed by atoms with van der Waals surface area (Å²) in [5.41, 5.74) is 0. The van der Waals surface area contributed by atoms with E-state index < -0.39 is 6.10 Å². The van der Waals surface area contributed by atoms with Gasteiger partial charge in [0.2, 0.25) is 0 Å². The Morgan fingerprint density at radius 1 is 0.284 bits per heavy atom. The maximum absolute atomic E-state index is 12.9. The van der Waals surface area contributed by atoms with Crippen LogP contribution >= 0.6 is 0 Å². The average Bonchev–Trinajstić information content (AvgIpc) is 3.31. The van der Waals surface area contributed by atoms with Crippen LogP contribution in [0.5, 0.6) is 0 Å². The van der Waals surface area contributed by atoms with E-state index in [2.05, 4.69) is 27.7 Å². The fourth-order valence-electron chi connectivity index (χ4n) is 9.46. The molecule has 1 atom stereocenters. The number of rotatable bonds is 56. The minimum atomic E-state index is -0.762. The Balaban J connectivity index is 4.29. The third-order valence-electron chi connectivity index (χ3n) is 14.0. The van der Waals surface area contributed by atoms with E-state index in [-0.39, 0.29) is 31.1 Å². The molecule has 0 aliphatic heterocycles. The molecule has 0 unspecified atom stereocenters. The van der Waals surface area contributed by atoms with Crippen molar-refractivity contribution in [2.75, 3.05) is 13.2 Å². The SMILES string of the molecule is CCCCCCCCCCCCCCCCCCCC(=O)O[C@H](COC(=O)CCCCCCCCCCCCCCCCC)COC(=O)CCCCCCCCCCCCCCCCC(C)C. The molecule has 6 heteroatoms. The Bertz CT molecular complexity index is 1010. The molecule has 0 aliphatic carbocycles. The highest BCUT2D eigenvalue weighted by Gasteiger charge is 2.19. The number of carbonyl (C=O) groups excluding carboxylic acids is 3. The largest absolute Gasteiger partial charge is 0.462 e. The first-order chi connectivity index (χ1) is 32.9. The molecule has 0 bridgehead atoms. The van der Waals surface area contributed by atoms with Crippen LogP contribution in [0, 0.1) is 5.92 Å². The quantitative estimate of drug-likeness (QED) is 0.0343. The molecule has 0 aromatic rings. The second kappa shape index (κ2) is 55.3. The number of hydrogen-bond acceptors (Lipinski definition) is 6. The molecular weight excluding hydrogens is 829 g/mol. The maximum atomic E-state index is 12.9. The van der Waals surface area contributed by atoms with Gasteiger partial charge in [0, 0.05) is 19.3 Å². The summed E-state index contributed by atoms with van der Waals surface area (Å²) in [6.45, 7) is 9.08. The van der Waals surface area contributed by atoms with Gasteiger partial charge in [-0.3, -0.25) is 14.4 Å². The number of unbranched alkanes of at least 4 members (excludes halogenated alkanes) is 43. The van der Waals surface area contributed by atoms with Crippen molar-refractivity contribution < 1.29 is 28.6 Å². The van der Waals surface area contributed by atoms with Gasteiger partial charge in [0.1, 0.15) is 13.2 Å². The first-order valence-electron chi connectivity index (χ1n) is 30.4. The van der Waals surface area contributed by atoms with Gasteiger partial charge in [-0.1, -0.05) is 310 Å². The van der Waals surface area contributed by atoms with Gasteiger partial charge in [0.05, 0.1) is 0 Å². The fourth-order valence-corrected chi connectivity index (χ4v) is 9.46. The van der Waals surface area contributed by atoms with Gasteiger partial charge in [0.15, 0.2) is 6.10 Å². The predicted molar refractivity (Wildman–Crippen MR) is 289 cm³/mol. The molecule has 0 aromatic carbocycles. The Kier molecular flexibility index (Phi) is 54.0. The van der Waals surface area contributed by atoms with Gasteiger partial charge < -0.3 is 14.2 Å². The van der Waals surface area contributed by atoms with E-state index in [9.17, 15) is 14.4 Å². The first kappa shape index (κ1) is 65.4. The van der Waals surface area contributed by atoms with Gasteiger partial charge in [-0.15, -0.1) is 0 Å². The molecule has 0 heterocycles. The van der Waals surface area contributed by atoms with Crippen molar-refractivity contribution >= 4 is 17.9 Å². The van der Waals surface area contributed by atoms with Crippen molar-refractivity contribution in [3.8, 4) is 0 Å². The second-order valence-electron chi connectivity index (χ2n) is 21.5. The van der Waals surface area contributed by atoms with E-state index in [1.54, 1.807) is 0 Å². The van der Waals surface area contributed by atoms with Crippen molar-refractivity contribution in [2.24, 2.45) is 5.92 Å². The van der Waals surface area contributed by atoms with Crippen molar-refractivity contribution in [3.63, 3.8) is 0 Å². The van der Waals surface area contributed by atoms with E-state index in [1.807, 2.05) is 0 Å². The van der Waals surface area contributed by atoms with Crippen LogP contribution in [0.1, 0.15) is 349 Å². The average molecular weight is 948 g/mol. The monoisotopic (exact) mass is 947 g/mol. The fraction of sp³-hybridized carbons (Fsp3) is 0.951. The molecule has 67 heavy (non-hydrogen) atoms. The lowest BCUT2D eigenvalue weighted by Gasteiger charge is -2.18. The number of esters is 3. The van der Waals surface area contributed by atoms with E-state index >= 15 is 0 Å². The van der Waals surface area contributed by atoms with E-state index in [4.69, 9.17) is 14.2 Å². The summed E-state index contributed by atoms with van der Waals surface area (Å²) in [7, 11) is 0. The highest BCUT2D eigenvalue weighted by Crippen LogP contribution is 2.18. The Hall–Kier alpha value is -1.59. The molecule has 0 aliphatic rings. The van der Waals surface area contributed by atoms with Crippen LogP contribution < -0.4 is 0 Å². The summed E-state index contributed by atoms with van der Waals surface area (Å²) in [6, 6.07) is 0. The maximum Gasteiger partial charge on any atom is 0.306 e. The number of hydrogen-bond donors (Lipinski definition) is 0. The van der Waals surface area contributed by atoms with Crippen LogP contribution in [0.4, 0.5) is 0 Å². The highest BCUT2D eigenvalue weighted by atomic mass is 16.6. The summed E-state index contributed by atoms with van der Waals surface area (Å²) in [5.74, 6) is 0.0141. The van der Waals surface area contributed by atoms with Crippen LogP contribution in [0.2, 0.25) is 0 Å². The van der Waals surface area contributed by atoms with Gasteiger partial charge in [-0.2, -0.15) is 0 Å². The molecule has 0 saturated heterocycles. The molecule has 0 fully saturated rings. The molecule has 0 aromatic heterocycles. The summed E-state index contributed by atoms with van der Waals surface area (Å²) >= 11 is 0. The van der Waals surface area contributed by atoms with Crippen LogP contribution in [-0.4, -0.2) is 37.2 Å². The molecule has 398 valence electrons. The lowest BCUT2D eigenvalue weighted by molar-refractivity contribution is -0.167. The number of ether oxygens (including phenoxy) is 3. The molecule has 0 amide bonds. The van der Waals surface area contributed by atoms with Crippen LogP contribution in [0.25, 0.3) is 0 Å². The summed E-state index contributed by atoms with van der Waals surface area (Å²) in [6.07, 6.45) is 60.9. The Morgan fingerprint density at radius 2 is 0.493 bits per heavy atom. The lowest BCUT2D eigenvalue weighted by atomic mass is 10.0. The standard InChI is InChI=1S/C61H118O6/c1-5-7-9-11-13-15-17-19-21-22-24-30-34-38-42-46-50-54-61(64)67-58(55-65-59(62)52-48-44-40-36-32-28-23-20-18-16-14-12-10-8-6-2)56-66-60(63)53-49-45-41-37-33-29-26-25-27-31-35-39-43-47-51-57(3)4/h57-58H,5-56H2,1-4H3/t58-/m1/s1. The van der Waals surface area contributed by atoms with Gasteiger partial charge in [-0.25, -0.2) is 0 Å². The second-order valence-corrected chi connectivity index (χ2v) is 21.5. The van der Waals surface area contributed by atoms with Crippen molar-refractivity contribution in [3.05, 3.63) is 0 Å². The Labute approximate surface area is 418 Å². The molecule has 0 spiro atoms. The molecule has 6 nitrogen and oxygen atoms in total. The minimum absolute atomic E-state index is 0.0614. The first-order valence-corrected chi connectivity index (χ1v) is 30.4. The summed E-state index contributed by atoms with van der Waals surface area (Å²) < 4.78 is 16.9. The molecule has 0 N–H and O–H groups in total. The third kappa shape index (κ3) is 55.2. The van der Waals surface area contributed by atoms with Crippen LogP contribution in [0.15, 0.2) is 0 Å².